The first kappa shape index (κ1) is 30.0. The van der Waals surface area contributed by atoms with Crippen molar-refractivity contribution in [3.05, 3.63) is 59.7 Å². The average molecular weight is 679 g/mol. The second-order valence-corrected chi connectivity index (χ2v) is 15.0. The van der Waals surface area contributed by atoms with Crippen LogP contribution in [0.1, 0.15) is 6.92 Å². The summed E-state index contributed by atoms with van der Waals surface area (Å²) in [7, 11) is 0.783. The minimum Gasteiger partial charge on any atom is -0.494 e. The van der Waals surface area contributed by atoms with Gasteiger partial charge in [0.25, 0.3) is 0 Å². The van der Waals surface area contributed by atoms with Gasteiger partial charge in [-0.3, -0.25) is 14.6 Å². The van der Waals surface area contributed by atoms with Gasteiger partial charge in [0, 0.05) is 67.3 Å². The molecule has 14 heteroatoms. The normalized spacial score (nSPS) is 15.4. The number of aromatic nitrogens is 6. The summed E-state index contributed by atoms with van der Waals surface area (Å²) in [5.41, 5.74) is 5.60. The minimum absolute atomic E-state index is 0.193. The topological polar surface area (TPSA) is 132 Å². The van der Waals surface area contributed by atoms with Gasteiger partial charge in [-0.2, -0.15) is 10.1 Å². The number of hydrogen-bond acceptors (Lipinski definition) is 11. The number of benzene rings is 2. The molecular weight excluding hydrogens is 645 g/mol. The van der Waals surface area contributed by atoms with Gasteiger partial charge in [0.2, 0.25) is 5.95 Å². The molecule has 1 atom stereocenters. The molecule has 0 aliphatic carbocycles. The van der Waals surface area contributed by atoms with Crippen molar-refractivity contribution in [1.82, 2.24) is 29.7 Å². The smallest absolute Gasteiger partial charge is 0.229 e. The van der Waals surface area contributed by atoms with E-state index in [2.05, 4.69) is 58.4 Å². The Labute approximate surface area is 263 Å². The molecule has 5 aromatic rings. The van der Waals surface area contributed by atoms with Gasteiger partial charge in [0.05, 0.1) is 53.2 Å². The van der Waals surface area contributed by atoms with Gasteiger partial charge >= 0.3 is 0 Å². The molecule has 1 fully saturated rings. The van der Waals surface area contributed by atoms with Crippen LogP contribution in [0.15, 0.2) is 59.7 Å². The van der Waals surface area contributed by atoms with Gasteiger partial charge in [0.1, 0.15) is 24.2 Å². The fraction of sp³-hybridized carbons (Fsp3) is 0.300. The molecule has 228 valence electrons. The Hall–Kier alpha value is -4.06. The highest BCUT2D eigenvalue weighted by Gasteiger charge is 2.26. The number of anilines is 5. The molecule has 1 saturated heterocycles. The van der Waals surface area contributed by atoms with Crippen LogP contribution < -0.4 is 25.6 Å². The van der Waals surface area contributed by atoms with E-state index in [0.29, 0.717) is 62.9 Å². The SMILES string of the molecule is COc1cc(N2CCOCC2C)c(-c2cnn(C)c2)cc1Nc1ncc(Br)c(Nc2ccc3nccnc3c2P(C)(C)=O)n1. The Morgan fingerprint density at radius 3 is 2.64 bits per heavy atom. The van der Waals surface area contributed by atoms with E-state index in [-0.39, 0.29) is 6.04 Å². The van der Waals surface area contributed by atoms with Crippen molar-refractivity contribution in [2.75, 3.05) is 55.7 Å². The third-order valence-electron chi connectivity index (χ3n) is 7.41. The van der Waals surface area contributed by atoms with Gasteiger partial charge in [-0.25, -0.2) is 4.98 Å². The molecule has 0 radical (unpaired) electrons. The fourth-order valence-corrected chi connectivity index (χ4v) is 7.06. The Kier molecular flexibility index (Phi) is 8.28. The van der Waals surface area contributed by atoms with E-state index >= 15 is 0 Å². The summed E-state index contributed by atoms with van der Waals surface area (Å²) in [5, 5.41) is 11.7. The molecule has 1 aliphatic rings. The maximum atomic E-state index is 13.4. The summed E-state index contributed by atoms with van der Waals surface area (Å²) in [5.74, 6) is 1.48. The summed E-state index contributed by atoms with van der Waals surface area (Å²) in [4.78, 5) is 20.5. The molecule has 6 rings (SSSR count). The van der Waals surface area contributed by atoms with Crippen LogP contribution in [0, 0.1) is 0 Å². The van der Waals surface area contributed by atoms with Crippen LogP contribution in [0.5, 0.6) is 5.75 Å². The Bertz CT molecular complexity index is 1890. The van der Waals surface area contributed by atoms with Crippen LogP contribution >= 0.6 is 23.1 Å². The monoisotopic (exact) mass is 677 g/mol. The third kappa shape index (κ3) is 5.99. The number of halogens is 1. The van der Waals surface area contributed by atoms with E-state index in [1.807, 2.05) is 43.7 Å². The molecule has 44 heavy (non-hydrogen) atoms. The van der Waals surface area contributed by atoms with Crippen molar-refractivity contribution in [2.45, 2.75) is 13.0 Å². The molecule has 0 saturated carbocycles. The molecule has 2 aromatic carbocycles. The average Bonchev–Trinajstić information content (AvgIpc) is 3.44. The first-order valence-electron chi connectivity index (χ1n) is 14.0. The van der Waals surface area contributed by atoms with E-state index in [4.69, 9.17) is 14.5 Å². The number of nitrogens with one attached hydrogen (secondary N) is 2. The lowest BCUT2D eigenvalue weighted by Gasteiger charge is -2.36. The van der Waals surface area contributed by atoms with Crippen molar-refractivity contribution in [3.8, 4) is 16.9 Å². The van der Waals surface area contributed by atoms with Crippen LogP contribution in [-0.2, 0) is 16.3 Å². The number of hydrogen-bond donors (Lipinski definition) is 2. The summed E-state index contributed by atoms with van der Waals surface area (Å²) in [6, 6.07) is 7.96. The standard InChI is InChI=1S/C30H33BrN9O3P/c1-18-17-43-11-10-40(18)25-13-26(42-3)24(12-20(25)19-14-35-39(2)16-19)37-30-34-15-21(31)29(38-30)36-23-7-6-22-27(33-9-8-32-22)28(23)44(4,5)41/h6-9,12-16,18H,10-11,17H2,1-5H3,(H2,34,36,37,38). The molecule has 1 unspecified atom stereocenters. The molecule has 4 heterocycles. The Morgan fingerprint density at radius 2 is 1.91 bits per heavy atom. The van der Waals surface area contributed by atoms with Crippen molar-refractivity contribution in [2.24, 2.45) is 7.05 Å². The number of aryl methyl sites for hydroxylation is 1. The lowest BCUT2D eigenvalue weighted by molar-refractivity contribution is 0.0990. The number of methoxy groups -OCH3 is 1. The number of rotatable bonds is 8. The number of ether oxygens (including phenoxy) is 2. The van der Waals surface area contributed by atoms with Crippen LogP contribution in [0.25, 0.3) is 22.2 Å². The fourth-order valence-electron chi connectivity index (χ4n) is 5.38. The minimum atomic E-state index is -2.76. The van der Waals surface area contributed by atoms with Gasteiger partial charge in [0.15, 0.2) is 0 Å². The van der Waals surface area contributed by atoms with Crippen LogP contribution in [0.4, 0.5) is 28.8 Å². The van der Waals surface area contributed by atoms with Crippen LogP contribution in [0.2, 0.25) is 0 Å². The zero-order valence-corrected chi connectivity index (χ0v) is 27.6. The molecule has 0 spiro atoms. The number of nitrogens with zero attached hydrogens (tertiary/aromatic N) is 7. The van der Waals surface area contributed by atoms with Crippen molar-refractivity contribution in [3.63, 3.8) is 0 Å². The summed E-state index contributed by atoms with van der Waals surface area (Å²) in [6.07, 6.45) is 8.73. The molecular formula is C30H33BrN9O3P. The Morgan fingerprint density at radius 1 is 1.09 bits per heavy atom. The molecule has 0 amide bonds. The van der Waals surface area contributed by atoms with Crippen molar-refractivity contribution < 1.29 is 14.0 Å². The molecule has 0 bridgehead atoms. The third-order valence-corrected chi connectivity index (χ3v) is 9.52. The second kappa shape index (κ2) is 12.1. The molecule has 1 aliphatic heterocycles. The van der Waals surface area contributed by atoms with Crippen molar-refractivity contribution in [1.29, 1.82) is 0 Å². The highest BCUT2D eigenvalue weighted by Crippen LogP contribution is 2.43. The van der Waals surface area contributed by atoms with Gasteiger partial charge in [-0.15, -0.1) is 0 Å². The van der Waals surface area contributed by atoms with E-state index in [1.54, 1.807) is 43.7 Å². The van der Waals surface area contributed by atoms with Gasteiger partial charge < -0.3 is 29.6 Å². The van der Waals surface area contributed by atoms with Crippen LogP contribution in [0.3, 0.4) is 0 Å². The predicted molar refractivity (Wildman–Crippen MR) is 178 cm³/mol. The highest BCUT2D eigenvalue weighted by atomic mass is 79.9. The molecule has 2 N–H and O–H groups in total. The summed E-state index contributed by atoms with van der Waals surface area (Å²) in [6.45, 7) is 7.65. The number of morpholine rings is 1. The lowest BCUT2D eigenvalue weighted by atomic mass is 10.0. The van der Waals surface area contributed by atoms with E-state index in [0.717, 1.165) is 23.4 Å². The summed E-state index contributed by atoms with van der Waals surface area (Å²) < 4.78 is 27.4. The van der Waals surface area contributed by atoms with E-state index in [1.165, 1.54) is 0 Å². The quantitative estimate of drug-likeness (QED) is 0.200. The maximum Gasteiger partial charge on any atom is 0.229 e. The zero-order valence-electron chi connectivity index (χ0n) is 25.1. The second-order valence-electron chi connectivity index (χ2n) is 11.0. The molecule has 12 nitrogen and oxygen atoms in total. The predicted octanol–water partition coefficient (Wildman–Crippen LogP) is 5.55. The van der Waals surface area contributed by atoms with Gasteiger partial charge in [-0.1, -0.05) is 0 Å². The van der Waals surface area contributed by atoms with E-state index in [9.17, 15) is 4.57 Å². The first-order valence-corrected chi connectivity index (χ1v) is 17.4. The Balaban J connectivity index is 1.39. The van der Waals surface area contributed by atoms with E-state index < -0.39 is 7.14 Å². The van der Waals surface area contributed by atoms with Gasteiger partial charge in [-0.05, 0) is 54.4 Å². The first-order chi connectivity index (χ1) is 21.1. The largest absolute Gasteiger partial charge is 0.494 e. The highest BCUT2D eigenvalue weighted by molar-refractivity contribution is 9.10. The maximum absolute atomic E-state index is 13.4. The van der Waals surface area contributed by atoms with Crippen LogP contribution in [-0.4, -0.2) is 76.0 Å². The zero-order chi connectivity index (χ0) is 31.0. The lowest BCUT2D eigenvalue weighted by Crippen LogP contribution is -2.44. The summed E-state index contributed by atoms with van der Waals surface area (Å²) >= 11 is 3.57. The van der Waals surface area contributed by atoms with Crippen molar-refractivity contribution >= 4 is 68.2 Å². The number of fused-ring (bicyclic) bond motifs is 1. The molecule has 3 aromatic heterocycles.